The molecule has 5 nitrogen and oxygen atoms in total. The highest BCUT2D eigenvalue weighted by Crippen LogP contribution is 2.23. The quantitative estimate of drug-likeness (QED) is 0.362. The summed E-state index contributed by atoms with van der Waals surface area (Å²) in [6.45, 7) is 2.41. The minimum Gasteiger partial charge on any atom is -0.508 e. The third-order valence-corrected chi connectivity index (χ3v) is 4.22. The fourth-order valence-corrected chi connectivity index (χ4v) is 2.62. The maximum Gasteiger partial charge on any atom is 0.266 e. The molecular weight excluding hydrogens is 364 g/mol. The van der Waals surface area contributed by atoms with Crippen molar-refractivity contribution in [2.24, 2.45) is 0 Å². The lowest BCUT2D eigenvalue weighted by Gasteiger charge is -2.10. The highest BCUT2D eigenvalue weighted by atomic mass is 16.5. The number of para-hydroxylation sites is 1. The molecule has 0 unspecified atom stereocenters. The average Bonchev–Trinajstić information content (AvgIpc) is 2.74. The lowest BCUT2D eigenvalue weighted by Crippen LogP contribution is -2.13. The summed E-state index contributed by atoms with van der Waals surface area (Å²) < 4.78 is 5.91. The van der Waals surface area contributed by atoms with Crippen LogP contribution < -0.4 is 10.1 Å². The number of phenolic OH excluding ortho intramolecular Hbond substituents is 1. The smallest absolute Gasteiger partial charge is 0.266 e. The maximum absolute atomic E-state index is 12.5. The molecule has 0 aliphatic rings. The van der Waals surface area contributed by atoms with E-state index in [0.717, 1.165) is 5.56 Å². The van der Waals surface area contributed by atoms with Gasteiger partial charge in [-0.2, -0.15) is 5.26 Å². The van der Waals surface area contributed by atoms with E-state index >= 15 is 0 Å². The number of hydrogen-bond donors (Lipinski definition) is 2. The fraction of sp³-hybridized carbons (Fsp3) is 0.0833. The van der Waals surface area contributed by atoms with Gasteiger partial charge in [0.15, 0.2) is 0 Å². The van der Waals surface area contributed by atoms with Gasteiger partial charge in [0, 0.05) is 11.3 Å². The highest BCUT2D eigenvalue weighted by molar-refractivity contribution is 6.09. The van der Waals surface area contributed by atoms with Gasteiger partial charge >= 0.3 is 0 Å². The van der Waals surface area contributed by atoms with Gasteiger partial charge in [0.05, 0.1) is 0 Å². The first-order valence-electron chi connectivity index (χ1n) is 9.05. The number of phenols is 1. The molecule has 0 aromatic heterocycles. The molecule has 0 radical (unpaired) electrons. The van der Waals surface area contributed by atoms with E-state index in [-0.39, 0.29) is 11.3 Å². The number of carbonyl (C=O) groups is 1. The molecular formula is C24H20N2O3. The number of anilines is 1. The number of hydrogen-bond acceptors (Lipinski definition) is 4. The van der Waals surface area contributed by atoms with Gasteiger partial charge in [-0.3, -0.25) is 4.79 Å². The summed E-state index contributed by atoms with van der Waals surface area (Å²) in [5, 5.41) is 21.4. The van der Waals surface area contributed by atoms with E-state index in [4.69, 9.17) is 4.74 Å². The number of nitriles is 1. The van der Waals surface area contributed by atoms with Crippen LogP contribution in [0, 0.1) is 18.3 Å². The molecule has 1 amide bonds. The van der Waals surface area contributed by atoms with E-state index in [1.807, 2.05) is 49.4 Å². The molecule has 144 valence electrons. The van der Waals surface area contributed by atoms with Gasteiger partial charge in [0.2, 0.25) is 0 Å². The molecule has 2 N–H and O–H groups in total. The summed E-state index contributed by atoms with van der Waals surface area (Å²) >= 11 is 0. The number of ether oxygens (including phenoxy) is 1. The van der Waals surface area contributed by atoms with Crippen molar-refractivity contribution >= 4 is 17.7 Å². The molecule has 29 heavy (non-hydrogen) atoms. The minimum absolute atomic E-state index is 0.0514. The molecule has 0 atom stereocenters. The predicted molar refractivity (Wildman–Crippen MR) is 112 cm³/mol. The van der Waals surface area contributed by atoms with E-state index in [1.54, 1.807) is 24.3 Å². The molecule has 0 heterocycles. The second kappa shape index (κ2) is 9.25. The number of aromatic hydroxyl groups is 1. The van der Waals surface area contributed by atoms with Crippen LogP contribution in [0.2, 0.25) is 0 Å². The summed E-state index contributed by atoms with van der Waals surface area (Å²) in [6, 6.07) is 23.2. The van der Waals surface area contributed by atoms with Gasteiger partial charge in [0.1, 0.15) is 29.7 Å². The second-order valence-corrected chi connectivity index (χ2v) is 6.48. The predicted octanol–water partition coefficient (Wildman–Crippen LogP) is 4.83. The Kier molecular flexibility index (Phi) is 6.29. The van der Waals surface area contributed by atoms with Crippen LogP contribution >= 0.6 is 0 Å². The van der Waals surface area contributed by atoms with Crippen LogP contribution in [0.3, 0.4) is 0 Å². The lowest BCUT2D eigenvalue weighted by atomic mass is 10.1. The zero-order chi connectivity index (χ0) is 20.6. The van der Waals surface area contributed by atoms with Crippen LogP contribution in [0.1, 0.15) is 16.7 Å². The molecule has 3 aromatic carbocycles. The van der Waals surface area contributed by atoms with E-state index in [9.17, 15) is 15.2 Å². The van der Waals surface area contributed by atoms with Crippen molar-refractivity contribution in [3.05, 3.63) is 95.1 Å². The Morgan fingerprint density at radius 1 is 1.07 bits per heavy atom. The van der Waals surface area contributed by atoms with Crippen molar-refractivity contribution in [2.45, 2.75) is 13.5 Å². The van der Waals surface area contributed by atoms with Gasteiger partial charge < -0.3 is 15.2 Å². The first kappa shape index (κ1) is 19.7. The summed E-state index contributed by atoms with van der Waals surface area (Å²) in [5.74, 6) is 0.142. The van der Waals surface area contributed by atoms with Crippen molar-refractivity contribution in [1.29, 1.82) is 5.26 Å². The number of amides is 1. The molecule has 3 aromatic rings. The monoisotopic (exact) mass is 384 g/mol. The number of rotatable bonds is 6. The van der Waals surface area contributed by atoms with Gasteiger partial charge in [-0.05, 0) is 48.9 Å². The van der Waals surface area contributed by atoms with Gasteiger partial charge in [-0.15, -0.1) is 0 Å². The Morgan fingerprint density at radius 3 is 2.45 bits per heavy atom. The van der Waals surface area contributed by atoms with Crippen LogP contribution in [0.15, 0.2) is 78.4 Å². The molecule has 0 saturated carbocycles. The van der Waals surface area contributed by atoms with E-state index in [1.165, 1.54) is 23.8 Å². The highest BCUT2D eigenvalue weighted by Gasteiger charge is 2.11. The SMILES string of the molecule is Cc1ccc(COc2ccccc2/C=C(\C#N)C(=O)Nc2ccc(O)cc2)cc1. The molecule has 3 rings (SSSR count). The summed E-state index contributed by atoms with van der Waals surface area (Å²) in [5.41, 5.74) is 3.27. The average molecular weight is 384 g/mol. The topological polar surface area (TPSA) is 82.3 Å². The molecule has 0 bridgehead atoms. The molecule has 0 spiro atoms. The largest absolute Gasteiger partial charge is 0.508 e. The third-order valence-electron chi connectivity index (χ3n) is 4.22. The Balaban J connectivity index is 1.76. The number of benzene rings is 3. The van der Waals surface area contributed by atoms with Crippen LogP contribution in [0.4, 0.5) is 5.69 Å². The standard InChI is InChI=1S/C24H20N2O3/c1-17-6-8-18(9-7-17)16-29-23-5-3-2-4-19(23)14-20(15-25)24(28)26-21-10-12-22(27)13-11-21/h2-14,27H,16H2,1H3,(H,26,28)/b20-14+. The third kappa shape index (κ3) is 5.47. The van der Waals surface area contributed by atoms with Crippen LogP contribution in [-0.2, 0) is 11.4 Å². The summed E-state index contributed by atoms with van der Waals surface area (Å²) in [6.07, 6.45) is 1.50. The number of aryl methyl sites for hydroxylation is 1. The number of nitrogens with one attached hydrogen (secondary N) is 1. The van der Waals surface area contributed by atoms with Crippen molar-refractivity contribution in [3.63, 3.8) is 0 Å². The van der Waals surface area contributed by atoms with Gasteiger partial charge in [-0.1, -0.05) is 48.0 Å². The van der Waals surface area contributed by atoms with Crippen molar-refractivity contribution < 1.29 is 14.6 Å². The van der Waals surface area contributed by atoms with Crippen LogP contribution in [-0.4, -0.2) is 11.0 Å². The molecule has 5 heteroatoms. The normalized spacial score (nSPS) is 10.8. The number of nitrogens with zero attached hydrogens (tertiary/aromatic N) is 1. The number of carbonyl (C=O) groups excluding carboxylic acids is 1. The first-order valence-corrected chi connectivity index (χ1v) is 9.05. The molecule has 0 aliphatic heterocycles. The first-order chi connectivity index (χ1) is 14.0. The molecule has 0 saturated heterocycles. The summed E-state index contributed by atoms with van der Waals surface area (Å²) in [4.78, 5) is 12.5. The second-order valence-electron chi connectivity index (χ2n) is 6.48. The molecule has 0 fully saturated rings. The van der Waals surface area contributed by atoms with E-state index in [0.29, 0.717) is 23.6 Å². The minimum atomic E-state index is -0.536. The fourth-order valence-electron chi connectivity index (χ4n) is 2.62. The van der Waals surface area contributed by atoms with Crippen molar-refractivity contribution in [2.75, 3.05) is 5.32 Å². The van der Waals surface area contributed by atoms with Crippen molar-refractivity contribution in [3.8, 4) is 17.6 Å². The van der Waals surface area contributed by atoms with E-state index < -0.39 is 5.91 Å². The zero-order valence-electron chi connectivity index (χ0n) is 15.9. The maximum atomic E-state index is 12.5. The Morgan fingerprint density at radius 2 is 1.76 bits per heavy atom. The van der Waals surface area contributed by atoms with Crippen LogP contribution in [0.25, 0.3) is 6.08 Å². The zero-order valence-corrected chi connectivity index (χ0v) is 15.9. The molecule has 0 aliphatic carbocycles. The van der Waals surface area contributed by atoms with Gasteiger partial charge in [0.25, 0.3) is 5.91 Å². The lowest BCUT2D eigenvalue weighted by molar-refractivity contribution is -0.112. The Labute approximate surface area is 169 Å². The van der Waals surface area contributed by atoms with Crippen molar-refractivity contribution in [1.82, 2.24) is 0 Å². The summed E-state index contributed by atoms with van der Waals surface area (Å²) in [7, 11) is 0. The van der Waals surface area contributed by atoms with Crippen LogP contribution in [0.5, 0.6) is 11.5 Å². The van der Waals surface area contributed by atoms with E-state index in [2.05, 4.69) is 5.32 Å². The Bertz CT molecular complexity index is 1060. The Hall–Kier alpha value is -4.04. The van der Waals surface area contributed by atoms with Gasteiger partial charge in [-0.25, -0.2) is 0 Å².